The fraction of sp³-hybridized carbons (Fsp3) is 0.474. The van der Waals surface area contributed by atoms with Gasteiger partial charge in [0, 0.05) is 17.0 Å². The molecule has 24 heavy (non-hydrogen) atoms. The minimum Gasteiger partial charge on any atom is -0.450 e. The highest BCUT2D eigenvalue weighted by Crippen LogP contribution is 2.26. The maximum atomic E-state index is 12.2. The molecule has 0 radical (unpaired) electrons. The van der Waals surface area contributed by atoms with Crippen molar-refractivity contribution in [1.82, 2.24) is 5.32 Å². The van der Waals surface area contributed by atoms with E-state index < -0.39 is 5.97 Å². The molecule has 1 aliphatic rings. The maximum Gasteiger partial charge on any atom is 0.375 e. The number of carbonyl (C=O) groups excluding carboxylic acids is 2. The van der Waals surface area contributed by atoms with E-state index >= 15 is 0 Å². The van der Waals surface area contributed by atoms with Crippen LogP contribution in [-0.4, -0.2) is 24.5 Å². The smallest absolute Gasteiger partial charge is 0.375 e. The summed E-state index contributed by atoms with van der Waals surface area (Å²) in [6.45, 7) is 3.68. The molecule has 1 saturated carbocycles. The van der Waals surface area contributed by atoms with Crippen LogP contribution < -0.4 is 5.32 Å². The van der Waals surface area contributed by atoms with Gasteiger partial charge in [0.2, 0.25) is 5.76 Å². The number of carbonyl (C=O) groups is 2. The molecule has 5 heteroatoms. The molecule has 5 nitrogen and oxygen atoms in total. The zero-order chi connectivity index (χ0) is 17.1. The molecule has 0 saturated heterocycles. The zero-order valence-electron chi connectivity index (χ0n) is 14.1. The van der Waals surface area contributed by atoms with Crippen LogP contribution in [0.3, 0.4) is 0 Å². The molecule has 1 amide bonds. The van der Waals surface area contributed by atoms with Gasteiger partial charge in [0.25, 0.3) is 5.91 Å². The molecule has 2 aromatic rings. The van der Waals surface area contributed by atoms with Crippen molar-refractivity contribution in [2.45, 2.75) is 45.6 Å². The number of nitrogens with one attached hydrogen (secondary N) is 1. The van der Waals surface area contributed by atoms with Gasteiger partial charge in [0.1, 0.15) is 5.58 Å². The molecule has 3 rings (SSSR count). The van der Waals surface area contributed by atoms with E-state index in [-0.39, 0.29) is 24.3 Å². The minimum atomic E-state index is -0.601. The molecule has 0 unspecified atom stereocenters. The molecule has 128 valence electrons. The van der Waals surface area contributed by atoms with Gasteiger partial charge in [0.05, 0.1) is 0 Å². The highest BCUT2D eigenvalue weighted by Gasteiger charge is 2.24. The first kappa shape index (κ1) is 16.6. The van der Waals surface area contributed by atoms with Crippen LogP contribution in [0.5, 0.6) is 0 Å². The summed E-state index contributed by atoms with van der Waals surface area (Å²) in [4.78, 5) is 24.2. The lowest BCUT2D eigenvalue weighted by molar-refractivity contribution is -0.125. The van der Waals surface area contributed by atoms with Crippen molar-refractivity contribution in [2.24, 2.45) is 5.92 Å². The summed E-state index contributed by atoms with van der Waals surface area (Å²) in [5, 5.41) is 3.85. The molecule has 2 atom stereocenters. The van der Waals surface area contributed by atoms with E-state index in [2.05, 4.69) is 12.2 Å². The number of para-hydroxylation sites is 1. The van der Waals surface area contributed by atoms with E-state index in [0.717, 1.165) is 30.2 Å². The highest BCUT2D eigenvalue weighted by atomic mass is 16.5. The molecule has 1 heterocycles. The van der Waals surface area contributed by atoms with E-state index in [0.29, 0.717) is 11.5 Å². The normalized spacial score (nSPS) is 20.8. The van der Waals surface area contributed by atoms with Crippen LogP contribution in [0.15, 0.2) is 28.7 Å². The van der Waals surface area contributed by atoms with Crippen molar-refractivity contribution >= 4 is 22.8 Å². The quantitative estimate of drug-likeness (QED) is 0.870. The Bertz CT molecular complexity index is 749. The van der Waals surface area contributed by atoms with Crippen LogP contribution in [0, 0.1) is 12.8 Å². The van der Waals surface area contributed by atoms with E-state index in [4.69, 9.17) is 9.15 Å². The van der Waals surface area contributed by atoms with Crippen LogP contribution in [0.2, 0.25) is 0 Å². The second kappa shape index (κ2) is 7.07. The lowest BCUT2D eigenvalue weighted by Gasteiger charge is -2.29. The summed E-state index contributed by atoms with van der Waals surface area (Å²) in [7, 11) is 0. The summed E-state index contributed by atoms with van der Waals surface area (Å²) >= 11 is 0. The van der Waals surface area contributed by atoms with Gasteiger partial charge in [0.15, 0.2) is 6.61 Å². The molecule has 1 aromatic carbocycles. The third-order valence-electron chi connectivity index (χ3n) is 4.82. The van der Waals surface area contributed by atoms with Crippen molar-refractivity contribution in [3.05, 3.63) is 35.6 Å². The lowest BCUT2D eigenvalue weighted by Crippen LogP contribution is -2.42. The van der Waals surface area contributed by atoms with Crippen LogP contribution in [-0.2, 0) is 9.53 Å². The van der Waals surface area contributed by atoms with Crippen molar-refractivity contribution in [3.8, 4) is 0 Å². The first-order chi connectivity index (χ1) is 11.6. The van der Waals surface area contributed by atoms with E-state index in [9.17, 15) is 9.59 Å². The summed E-state index contributed by atoms with van der Waals surface area (Å²) in [5.74, 6) is -0.225. The van der Waals surface area contributed by atoms with Crippen LogP contribution >= 0.6 is 0 Å². The molecule has 0 aliphatic heterocycles. The molecule has 1 N–H and O–H groups in total. The van der Waals surface area contributed by atoms with Crippen molar-refractivity contribution in [2.75, 3.05) is 6.61 Å². The first-order valence-electron chi connectivity index (χ1n) is 8.51. The first-order valence-corrected chi connectivity index (χ1v) is 8.51. The number of hydrogen-bond acceptors (Lipinski definition) is 4. The predicted octanol–water partition coefficient (Wildman–Crippen LogP) is 3.59. The fourth-order valence-electron chi connectivity index (χ4n) is 3.34. The monoisotopic (exact) mass is 329 g/mol. The van der Waals surface area contributed by atoms with E-state index in [1.165, 1.54) is 6.42 Å². The molecular weight excluding hydrogens is 306 g/mol. The molecule has 1 aliphatic carbocycles. The molecule has 1 aromatic heterocycles. The van der Waals surface area contributed by atoms with Gasteiger partial charge in [-0.05, 0) is 31.7 Å². The van der Waals surface area contributed by atoms with Gasteiger partial charge < -0.3 is 14.5 Å². The van der Waals surface area contributed by atoms with E-state index in [1.54, 1.807) is 6.07 Å². The predicted molar refractivity (Wildman–Crippen MR) is 90.8 cm³/mol. The number of aryl methyl sites for hydroxylation is 1. The standard InChI is InChI=1S/C19H23NO4/c1-12-7-3-5-9-15(12)20-17(21)11-23-19(22)18-13(2)14-8-4-6-10-16(14)24-18/h4,6,8,10,12,15H,3,5,7,9,11H2,1-2H3,(H,20,21)/t12-,15+/m1/s1. The van der Waals surface area contributed by atoms with Gasteiger partial charge in [-0.1, -0.05) is 38.0 Å². The average molecular weight is 329 g/mol. The number of rotatable bonds is 4. The zero-order valence-corrected chi connectivity index (χ0v) is 14.1. The van der Waals surface area contributed by atoms with Crippen molar-refractivity contribution < 1.29 is 18.7 Å². The third-order valence-corrected chi connectivity index (χ3v) is 4.82. The molecule has 0 bridgehead atoms. The Morgan fingerprint density at radius 2 is 2.00 bits per heavy atom. The van der Waals surface area contributed by atoms with Gasteiger partial charge in [-0.25, -0.2) is 4.79 Å². The Kier molecular flexibility index (Phi) is 4.88. The Morgan fingerprint density at radius 1 is 1.25 bits per heavy atom. The minimum absolute atomic E-state index is 0.162. The number of furan rings is 1. The van der Waals surface area contributed by atoms with Gasteiger partial charge >= 0.3 is 5.97 Å². The second-order valence-corrected chi connectivity index (χ2v) is 6.56. The Balaban J connectivity index is 1.58. The van der Waals surface area contributed by atoms with Crippen LogP contribution in [0.1, 0.15) is 48.7 Å². The lowest BCUT2D eigenvalue weighted by atomic mass is 9.86. The van der Waals surface area contributed by atoms with Crippen LogP contribution in [0.4, 0.5) is 0 Å². The van der Waals surface area contributed by atoms with Gasteiger partial charge in [-0.15, -0.1) is 0 Å². The Labute approximate surface area is 141 Å². The van der Waals surface area contributed by atoms with Gasteiger partial charge in [-0.3, -0.25) is 4.79 Å². The number of amides is 1. The number of ether oxygens (including phenoxy) is 1. The number of fused-ring (bicyclic) bond motifs is 1. The largest absolute Gasteiger partial charge is 0.450 e. The summed E-state index contributed by atoms with van der Waals surface area (Å²) in [5.41, 5.74) is 1.37. The van der Waals surface area contributed by atoms with Crippen molar-refractivity contribution in [1.29, 1.82) is 0 Å². The molecule has 1 fully saturated rings. The number of esters is 1. The van der Waals surface area contributed by atoms with Gasteiger partial charge in [-0.2, -0.15) is 0 Å². The third kappa shape index (κ3) is 3.45. The topological polar surface area (TPSA) is 68.5 Å². The Morgan fingerprint density at radius 3 is 2.75 bits per heavy atom. The maximum absolute atomic E-state index is 12.2. The molecular formula is C19H23NO4. The number of hydrogen-bond donors (Lipinski definition) is 1. The van der Waals surface area contributed by atoms with E-state index in [1.807, 2.05) is 25.1 Å². The second-order valence-electron chi connectivity index (χ2n) is 6.56. The average Bonchev–Trinajstić information content (AvgIpc) is 2.92. The summed E-state index contributed by atoms with van der Waals surface area (Å²) < 4.78 is 10.7. The summed E-state index contributed by atoms with van der Waals surface area (Å²) in [6.07, 6.45) is 4.47. The Hall–Kier alpha value is -2.30. The fourth-order valence-corrected chi connectivity index (χ4v) is 3.34. The highest BCUT2D eigenvalue weighted by molar-refractivity contribution is 5.96. The number of benzene rings is 1. The van der Waals surface area contributed by atoms with Crippen molar-refractivity contribution in [3.63, 3.8) is 0 Å². The molecule has 0 spiro atoms. The SMILES string of the molecule is Cc1c(C(=O)OCC(=O)N[C@H]2CCCC[C@H]2C)oc2ccccc12. The summed E-state index contributed by atoms with van der Waals surface area (Å²) in [6, 6.07) is 7.61. The van der Waals surface area contributed by atoms with Crippen LogP contribution in [0.25, 0.3) is 11.0 Å².